The van der Waals surface area contributed by atoms with E-state index in [1.807, 2.05) is 0 Å². The summed E-state index contributed by atoms with van der Waals surface area (Å²) in [7, 11) is 0. The van der Waals surface area contributed by atoms with Gasteiger partial charge in [0.15, 0.2) is 5.16 Å². The van der Waals surface area contributed by atoms with Gasteiger partial charge in [-0.3, -0.25) is 4.79 Å². The largest absolute Gasteiger partial charge is 0.481 e. The minimum absolute atomic E-state index is 0.0557. The molecule has 2 aliphatic carbocycles. The number of carboxylic acid groups (broad SMARTS) is 1. The van der Waals surface area contributed by atoms with Crippen molar-refractivity contribution < 1.29 is 9.90 Å². The van der Waals surface area contributed by atoms with E-state index >= 15 is 0 Å². The number of thioether (sulfide) groups is 1. The van der Waals surface area contributed by atoms with Gasteiger partial charge < -0.3 is 9.67 Å². The summed E-state index contributed by atoms with van der Waals surface area (Å²) in [6.07, 6.45) is 4.93. The van der Waals surface area contributed by atoms with Gasteiger partial charge in [-0.25, -0.2) is 0 Å². The fraction of sp³-hybridized carbons (Fsp3) is 0.750. The molecule has 1 aromatic heterocycles. The van der Waals surface area contributed by atoms with E-state index in [9.17, 15) is 4.79 Å². The molecule has 0 aromatic carbocycles. The average molecular weight is 267 g/mol. The van der Waals surface area contributed by atoms with Crippen molar-refractivity contribution in [2.24, 2.45) is 5.92 Å². The number of rotatable bonds is 6. The number of nitrogens with zero attached hydrogens (tertiary/aromatic N) is 3. The maximum Gasteiger partial charge on any atom is 0.313 e. The van der Waals surface area contributed by atoms with Crippen LogP contribution in [0.3, 0.4) is 0 Å². The topological polar surface area (TPSA) is 68.0 Å². The van der Waals surface area contributed by atoms with Crippen molar-refractivity contribution in [3.05, 3.63) is 5.82 Å². The molecular formula is C12H17N3O2S. The number of aromatic nitrogens is 3. The van der Waals surface area contributed by atoms with E-state index in [0.717, 1.165) is 16.9 Å². The standard InChI is InChI=1S/C12H17N3O2S/c1-7(8-2-3-8)15-11(9-4-5-9)13-14-12(15)18-6-10(16)17/h7-9H,2-6H2,1H3,(H,16,17). The number of carbonyl (C=O) groups is 1. The molecule has 0 saturated heterocycles. The zero-order valence-electron chi connectivity index (χ0n) is 10.4. The van der Waals surface area contributed by atoms with Crippen LogP contribution in [-0.4, -0.2) is 31.6 Å². The van der Waals surface area contributed by atoms with Gasteiger partial charge in [0.25, 0.3) is 0 Å². The van der Waals surface area contributed by atoms with Crippen molar-refractivity contribution in [2.45, 2.75) is 49.7 Å². The summed E-state index contributed by atoms with van der Waals surface area (Å²) in [6.45, 7) is 2.21. The normalized spacial score (nSPS) is 20.9. The molecule has 0 radical (unpaired) electrons. The number of carboxylic acids is 1. The van der Waals surface area contributed by atoms with Crippen LogP contribution in [0.5, 0.6) is 0 Å². The van der Waals surface area contributed by atoms with Crippen LogP contribution in [0.1, 0.15) is 50.4 Å². The first-order chi connectivity index (χ1) is 8.66. The van der Waals surface area contributed by atoms with E-state index in [-0.39, 0.29) is 5.75 Å². The lowest BCUT2D eigenvalue weighted by atomic mass is 10.2. The van der Waals surface area contributed by atoms with E-state index in [1.54, 1.807) is 0 Å². The fourth-order valence-electron chi connectivity index (χ4n) is 2.31. The van der Waals surface area contributed by atoms with Crippen LogP contribution >= 0.6 is 11.8 Å². The molecule has 1 heterocycles. The van der Waals surface area contributed by atoms with E-state index in [2.05, 4.69) is 21.7 Å². The minimum atomic E-state index is -0.804. The molecule has 0 bridgehead atoms. The summed E-state index contributed by atoms with van der Waals surface area (Å²) in [4.78, 5) is 10.7. The summed E-state index contributed by atoms with van der Waals surface area (Å²) in [5.74, 6) is 1.60. The van der Waals surface area contributed by atoms with Crippen LogP contribution in [0.15, 0.2) is 5.16 Å². The molecule has 2 aliphatic rings. The summed E-state index contributed by atoms with van der Waals surface area (Å²) in [5, 5.41) is 18.0. The highest BCUT2D eigenvalue weighted by molar-refractivity contribution is 7.99. The first kappa shape index (κ1) is 12.0. The van der Waals surface area contributed by atoms with Gasteiger partial charge in [-0.2, -0.15) is 0 Å². The van der Waals surface area contributed by atoms with Crippen LogP contribution in [-0.2, 0) is 4.79 Å². The summed E-state index contributed by atoms with van der Waals surface area (Å²) < 4.78 is 2.20. The van der Waals surface area contributed by atoms with Gasteiger partial charge in [-0.1, -0.05) is 11.8 Å². The van der Waals surface area contributed by atoms with Crippen molar-refractivity contribution in [1.82, 2.24) is 14.8 Å². The third kappa shape index (κ3) is 2.39. The second kappa shape index (κ2) is 4.57. The Bertz CT molecular complexity index is 466. The second-order valence-electron chi connectivity index (χ2n) is 5.25. The first-order valence-corrected chi connectivity index (χ1v) is 7.44. The van der Waals surface area contributed by atoms with E-state index in [1.165, 1.54) is 37.4 Å². The SMILES string of the molecule is CC(C1CC1)n1c(SCC(=O)O)nnc1C1CC1. The Morgan fingerprint density at radius 3 is 2.72 bits per heavy atom. The molecule has 2 saturated carbocycles. The number of aliphatic carboxylic acids is 1. The highest BCUT2D eigenvalue weighted by atomic mass is 32.2. The molecule has 98 valence electrons. The fourth-order valence-corrected chi connectivity index (χ4v) is 3.06. The third-order valence-corrected chi connectivity index (χ3v) is 4.60. The van der Waals surface area contributed by atoms with E-state index in [4.69, 9.17) is 5.11 Å². The van der Waals surface area contributed by atoms with Crippen molar-refractivity contribution >= 4 is 17.7 Å². The van der Waals surface area contributed by atoms with Crippen molar-refractivity contribution in [3.63, 3.8) is 0 Å². The maximum absolute atomic E-state index is 10.7. The molecule has 3 rings (SSSR count). The van der Waals surface area contributed by atoms with Crippen LogP contribution in [0, 0.1) is 5.92 Å². The quantitative estimate of drug-likeness (QED) is 0.801. The Morgan fingerprint density at radius 1 is 1.44 bits per heavy atom. The van der Waals surface area contributed by atoms with E-state index in [0.29, 0.717) is 12.0 Å². The predicted molar refractivity (Wildman–Crippen MR) is 67.8 cm³/mol. The highest BCUT2D eigenvalue weighted by Crippen LogP contribution is 2.46. The Labute approximate surface area is 110 Å². The molecule has 0 amide bonds. The lowest BCUT2D eigenvalue weighted by molar-refractivity contribution is -0.133. The van der Waals surface area contributed by atoms with Crippen LogP contribution in [0.2, 0.25) is 0 Å². The molecule has 1 atom stereocenters. The molecule has 5 nitrogen and oxygen atoms in total. The van der Waals surface area contributed by atoms with E-state index < -0.39 is 5.97 Å². The van der Waals surface area contributed by atoms with Crippen molar-refractivity contribution in [2.75, 3.05) is 5.75 Å². The van der Waals surface area contributed by atoms with Gasteiger partial charge in [-0.15, -0.1) is 10.2 Å². The smallest absolute Gasteiger partial charge is 0.313 e. The average Bonchev–Trinajstić information content (AvgIpc) is 3.21. The maximum atomic E-state index is 10.7. The molecule has 1 unspecified atom stereocenters. The molecule has 18 heavy (non-hydrogen) atoms. The van der Waals surface area contributed by atoms with Gasteiger partial charge in [0.1, 0.15) is 5.82 Å². The van der Waals surface area contributed by atoms with Gasteiger partial charge in [-0.05, 0) is 38.5 Å². The molecular weight excluding hydrogens is 250 g/mol. The van der Waals surface area contributed by atoms with Gasteiger partial charge in [0, 0.05) is 12.0 Å². The highest BCUT2D eigenvalue weighted by Gasteiger charge is 2.36. The van der Waals surface area contributed by atoms with Crippen molar-refractivity contribution in [1.29, 1.82) is 0 Å². The summed E-state index contributed by atoms with van der Waals surface area (Å²) in [5.41, 5.74) is 0. The predicted octanol–water partition coefficient (Wildman–Crippen LogP) is 2.30. The van der Waals surface area contributed by atoms with Gasteiger partial charge in [0.05, 0.1) is 5.75 Å². The van der Waals surface area contributed by atoms with Crippen LogP contribution in [0.4, 0.5) is 0 Å². The molecule has 1 aromatic rings. The zero-order chi connectivity index (χ0) is 12.7. The zero-order valence-corrected chi connectivity index (χ0v) is 11.2. The monoisotopic (exact) mass is 267 g/mol. The molecule has 0 aliphatic heterocycles. The summed E-state index contributed by atoms with van der Waals surface area (Å²) >= 11 is 1.28. The molecule has 6 heteroatoms. The second-order valence-corrected chi connectivity index (χ2v) is 6.19. The molecule has 2 fully saturated rings. The lowest BCUT2D eigenvalue weighted by Gasteiger charge is -2.17. The Kier molecular flexibility index (Phi) is 3.05. The summed E-state index contributed by atoms with van der Waals surface area (Å²) in [6, 6.07) is 0.409. The van der Waals surface area contributed by atoms with Crippen LogP contribution in [0.25, 0.3) is 0 Å². The number of hydrogen-bond donors (Lipinski definition) is 1. The first-order valence-electron chi connectivity index (χ1n) is 6.46. The Hall–Kier alpha value is -1.04. The van der Waals surface area contributed by atoms with Gasteiger partial charge in [0.2, 0.25) is 0 Å². The number of hydrogen-bond acceptors (Lipinski definition) is 4. The van der Waals surface area contributed by atoms with Crippen molar-refractivity contribution in [3.8, 4) is 0 Å². The van der Waals surface area contributed by atoms with Crippen LogP contribution < -0.4 is 0 Å². The minimum Gasteiger partial charge on any atom is -0.481 e. The van der Waals surface area contributed by atoms with Gasteiger partial charge >= 0.3 is 5.97 Å². The molecule has 1 N–H and O–H groups in total. The molecule has 0 spiro atoms. The third-order valence-electron chi connectivity index (χ3n) is 3.67. The lowest BCUT2D eigenvalue weighted by Crippen LogP contribution is -2.12. The Balaban J connectivity index is 1.84. The Morgan fingerprint density at radius 2 is 2.17 bits per heavy atom.